The summed E-state index contributed by atoms with van der Waals surface area (Å²) >= 11 is 5.96. The van der Waals surface area contributed by atoms with E-state index in [1.54, 1.807) is 6.07 Å². The van der Waals surface area contributed by atoms with Crippen LogP contribution in [0.25, 0.3) is 11.0 Å². The highest BCUT2D eigenvalue weighted by Crippen LogP contribution is 2.24. The second-order valence-corrected chi connectivity index (χ2v) is 3.80. The average molecular weight is 240 g/mol. The summed E-state index contributed by atoms with van der Waals surface area (Å²) in [4.78, 5) is 14.3. The Balaban J connectivity index is 2.60. The number of fused-ring (bicyclic) bond motifs is 1. The van der Waals surface area contributed by atoms with Crippen molar-refractivity contribution in [3.05, 3.63) is 33.6 Å². The van der Waals surface area contributed by atoms with Crippen molar-refractivity contribution in [1.82, 2.24) is 9.55 Å². The van der Waals surface area contributed by atoms with Crippen molar-refractivity contribution in [2.75, 3.05) is 0 Å². The molecular weight excluding hydrogens is 230 g/mol. The minimum absolute atomic E-state index is 0.0327. The van der Waals surface area contributed by atoms with Crippen molar-refractivity contribution < 1.29 is 4.92 Å². The largest absolute Gasteiger partial charge is 0.315 e. The summed E-state index contributed by atoms with van der Waals surface area (Å²) in [6.07, 6.45) is 0.933. The second-order valence-electron chi connectivity index (χ2n) is 3.46. The van der Waals surface area contributed by atoms with Crippen LogP contribution in [-0.4, -0.2) is 14.5 Å². The first-order valence-electron chi connectivity index (χ1n) is 4.93. The van der Waals surface area contributed by atoms with Gasteiger partial charge in [0.15, 0.2) is 0 Å². The van der Waals surface area contributed by atoms with E-state index in [0.29, 0.717) is 10.8 Å². The molecule has 84 valence electrons. The van der Waals surface area contributed by atoms with Gasteiger partial charge in [-0.15, -0.1) is 0 Å². The summed E-state index contributed by atoms with van der Waals surface area (Å²) in [6.45, 7) is 2.79. The Morgan fingerprint density at radius 2 is 2.31 bits per heavy atom. The Hall–Kier alpha value is -1.62. The lowest BCUT2D eigenvalue weighted by molar-refractivity contribution is -0.384. The summed E-state index contributed by atoms with van der Waals surface area (Å²) < 4.78 is 1.85. The van der Waals surface area contributed by atoms with Crippen LogP contribution in [-0.2, 0) is 6.54 Å². The molecule has 0 saturated heterocycles. The summed E-state index contributed by atoms with van der Waals surface area (Å²) in [5.41, 5.74) is 1.43. The molecular formula is C10H10ClN3O2. The zero-order chi connectivity index (χ0) is 11.7. The molecule has 5 nitrogen and oxygen atoms in total. The Morgan fingerprint density at radius 3 is 2.94 bits per heavy atom. The quantitative estimate of drug-likeness (QED) is 0.611. The van der Waals surface area contributed by atoms with Crippen LogP contribution in [0.4, 0.5) is 5.69 Å². The van der Waals surface area contributed by atoms with Crippen molar-refractivity contribution in [2.45, 2.75) is 19.9 Å². The van der Waals surface area contributed by atoms with Crippen molar-refractivity contribution in [3.63, 3.8) is 0 Å². The fourth-order valence-corrected chi connectivity index (χ4v) is 1.91. The SMILES string of the molecule is CCCn1c(Cl)nc2cc([N+](=O)[O-])ccc21. The van der Waals surface area contributed by atoms with Gasteiger partial charge in [-0.25, -0.2) is 4.98 Å². The number of imidazole rings is 1. The first kappa shape index (κ1) is 10.9. The van der Waals surface area contributed by atoms with Gasteiger partial charge in [-0.2, -0.15) is 0 Å². The number of hydrogen-bond acceptors (Lipinski definition) is 3. The maximum Gasteiger partial charge on any atom is 0.271 e. The predicted molar refractivity (Wildman–Crippen MR) is 61.7 cm³/mol. The van der Waals surface area contributed by atoms with Gasteiger partial charge < -0.3 is 4.57 Å². The van der Waals surface area contributed by atoms with Crippen LogP contribution in [0.1, 0.15) is 13.3 Å². The Kier molecular flexibility index (Phi) is 2.78. The number of nitro benzene ring substituents is 1. The molecule has 0 N–H and O–H groups in total. The number of nitrogens with zero attached hydrogens (tertiary/aromatic N) is 3. The van der Waals surface area contributed by atoms with Gasteiger partial charge in [-0.3, -0.25) is 10.1 Å². The van der Waals surface area contributed by atoms with E-state index in [9.17, 15) is 10.1 Å². The number of aryl methyl sites for hydroxylation is 1. The van der Waals surface area contributed by atoms with Crippen LogP contribution in [0.2, 0.25) is 5.28 Å². The van der Waals surface area contributed by atoms with Crippen molar-refractivity contribution in [3.8, 4) is 0 Å². The van der Waals surface area contributed by atoms with Gasteiger partial charge in [-0.1, -0.05) is 6.92 Å². The standard InChI is InChI=1S/C10H10ClN3O2/c1-2-5-13-9-4-3-7(14(15)16)6-8(9)12-10(13)11/h3-4,6H,2,5H2,1H3. The molecule has 0 radical (unpaired) electrons. The zero-order valence-corrected chi connectivity index (χ0v) is 9.44. The molecule has 0 fully saturated rings. The molecule has 6 heteroatoms. The average Bonchev–Trinajstić information content (AvgIpc) is 2.55. The van der Waals surface area contributed by atoms with E-state index in [0.717, 1.165) is 18.5 Å². The highest BCUT2D eigenvalue weighted by molar-refractivity contribution is 6.29. The van der Waals surface area contributed by atoms with Crippen molar-refractivity contribution >= 4 is 28.3 Å². The monoisotopic (exact) mass is 239 g/mol. The third kappa shape index (κ3) is 1.74. The lowest BCUT2D eigenvalue weighted by atomic mass is 10.3. The third-order valence-electron chi connectivity index (χ3n) is 2.34. The van der Waals surface area contributed by atoms with Crippen molar-refractivity contribution in [1.29, 1.82) is 0 Å². The summed E-state index contributed by atoms with van der Waals surface area (Å²) in [6, 6.07) is 4.59. The van der Waals surface area contributed by atoms with E-state index in [2.05, 4.69) is 4.98 Å². The number of benzene rings is 1. The first-order valence-corrected chi connectivity index (χ1v) is 5.31. The molecule has 0 atom stereocenters. The molecule has 2 rings (SSSR count). The van der Waals surface area contributed by atoms with Crippen LogP contribution in [0.5, 0.6) is 0 Å². The van der Waals surface area contributed by atoms with Gasteiger partial charge in [0.25, 0.3) is 5.69 Å². The summed E-state index contributed by atoms with van der Waals surface area (Å²) in [5.74, 6) is 0. The van der Waals surface area contributed by atoms with E-state index in [-0.39, 0.29) is 5.69 Å². The predicted octanol–water partition coefficient (Wildman–Crippen LogP) is 3.01. The number of hydrogen-bond donors (Lipinski definition) is 0. The van der Waals surface area contributed by atoms with Crippen LogP contribution in [0, 0.1) is 10.1 Å². The fraction of sp³-hybridized carbons (Fsp3) is 0.300. The van der Waals surface area contributed by atoms with Gasteiger partial charge in [-0.05, 0) is 24.1 Å². The lowest BCUT2D eigenvalue weighted by Crippen LogP contribution is -1.96. The van der Waals surface area contributed by atoms with Crippen LogP contribution < -0.4 is 0 Å². The number of rotatable bonds is 3. The van der Waals surface area contributed by atoms with E-state index >= 15 is 0 Å². The minimum atomic E-state index is -0.438. The number of nitro groups is 1. The fourth-order valence-electron chi connectivity index (χ4n) is 1.64. The molecule has 0 aliphatic heterocycles. The van der Waals surface area contributed by atoms with Gasteiger partial charge in [0.2, 0.25) is 5.28 Å². The number of non-ortho nitro benzene ring substituents is 1. The normalized spacial score (nSPS) is 10.9. The van der Waals surface area contributed by atoms with Gasteiger partial charge in [0.05, 0.1) is 16.0 Å². The molecule has 16 heavy (non-hydrogen) atoms. The number of halogens is 1. The topological polar surface area (TPSA) is 61.0 Å². The molecule has 0 unspecified atom stereocenters. The molecule has 0 bridgehead atoms. The Bertz CT molecular complexity index is 550. The summed E-state index contributed by atoms with van der Waals surface area (Å²) in [7, 11) is 0. The lowest BCUT2D eigenvalue weighted by Gasteiger charge is -2.01. The smallest absolute Gasteiger partial charge is 0.271 e. The van der Waals surface area contributed by atoms with Gasteiger partial charge in [0.1, 0.15) is 0 Å². The highest BCUT2D eigenvalue weighted by Gasteiger charge is 2.12. The van der Waals surface area contributed by atoms with E-state index in [1.165, 1.54) is 12.1 Å². The highest BCUT2D eigenvalue weighted by atomic mass is 35.5. The van der Waals surface area contributed by atoms with E-state index in [1.807, 2.05) is 11.5 Å². The molecule has 1 aromatic carbocycles. The molecule has 0 saturated carbocycles. The van der Waals surface area contributed by atoms with Crippen LogP contribution >= 0.6 is 11.6 Å². The molecule has 1 aromatic heterocycles. The third-order valence-corrected chi connectivity index (χ3v) is 2.63. The first-order chi connectivity index (χ1) is 7.63. The van der Waals surface area contributed by atoms with E-state index < -0.39 is 4.92 Å². The molecule has 1 heterocycles. The number of aromatic nitrogens is 2. The summed E-state index contributed by atoms with van der Waals surface area (Å²) in [5, 5.41) is 11.0. The molecule has 0 aliphatic carbocycles. The second kappa shape index (κ2) is 4.09. The minimum Gasteiger partial charge on any atom is -0.315 e. The molecule has 0 amide bonds. The van der Waals surface area contributed by atoms with Crippen molar-refractivity contribution in [2.24, 2.45) is 0 Å². The molecule has 0 aliphatic rings. The Labute approximate surface area is 96.8 Å². The van der Waals surface area contributed by atoms with E-state index in [4.69, 9.17) is 11.6 Å². The molecule has 0 spiro atoms. The Morgan fingerprint density at radius 1 is 1.56 bits per heavy atom. The zero-order valence-electron chi connectivity index (χ0n) is 8.68. The van der Waals surface area contributed by atoms with Gasteiger partial charge in [0, 0.05) is 18.7 Å². The molecule has 2 aromatic rings. The van der Waals surface area contributed by atoms with Crippen LogP contribution in [0.15, 0.2) is 18.2 Å². The van der Waals surface area contributed by atoms with Gasteiger partial charge >= 0.3 is 0 Å². The maximum absolute atomic E-state index is 10.6. The maximum atomic E-state index is 10.6. The van der Waals surface area contributed by atoms with Crippen LogP contribution in [0.3, 0.4) is 0 Å².